The molecule has 6 heteroatoms. The second-order valence-corrected chi connectivity index (χ2v) is 5.22. The van der Waals surface area contributed by atoms with Crippen molar-refractivity contribution < 1.29 is 19.4 Å². The van der Waals surface area contributed by atoms with Crippen LogP contribution in [0.25, 0.3) is 0 Å². The molecule has 0 spiro atoms. The standard InChI is InChI=1S/C14H12ClNO4/c15-7-3-1-2-4-8(7)16-13(17)11-9-5-6-10(20-9)12(11)14(18)19/h1-6,9-12H,(H,16,17)(H,18,19)/t9-,10-,11-,12+/m1/s1. The summed E-state index contributed by atoms with van der Waals surface area (Å²) in [6.07, 6.45) is 2.42. The van der Waals surface area contributed by atoms with Gasteiger partial charge in [-0.3, -0.25) is 9.59 Å². The van der Waals surface area contributed by atoms with Gasteiger partial charge in [-0.25, -0.2) is 0 Å². The number of hydrogen-bond donors (Lipinski definition) is 2. The molecule has 1 fully saturated rings. The molecule has 20 heavy (non-hydrogen) atoms. The topological polar surface area (TPSA) is 75.6 Å². The lowest BCUT2D eigenvalue weighted by Crippen LogP contribution is -2.39. The summed E-state index contributed by atoms with van der Waals surface area (Å²) in [4.78, 5) is 23.6. The van der Waals surface area contributed by atoms with Crippen molar-refractivity contribution in [1.29, 1.82) is 0 Å². The molecule has 5 nitrogen and oxygen atoms in total. The molecule has 4 atom stereocenters. The number of carboxylic acid groups (broad SMARTS) is 1. The Morgan fingerprint density at radius 3 is 2.45 bits per heavy atom. The highest BCUT2D eigenvalue weighted by Gasteiger charge is 2.53. The number of carboxylic acids is 1. The number of carbonyl (C=O) groups excluding carboxylic acids is 1. The van der Waals surface area contributed by atoms with Crippen molar-refractivity contribution >= 4 is 29.2 Å². The fourth-order valence-corrected chi connectivity index (χ4v) is 2.88. The van der Waals surface area contributed by atoms with Gasteiger partial charge in [0.05, 0.1) is 28.8 Å². The molecule has 1 aromatic carbocycles. The van der Waals surface area contributed by atoms with Crippen LogP contribution < -0.4 is 5.32 Å². The predicted octanol–water partition coefficient (Wildman–Crippen LogP) is 1.93. The van der Waals surface area contributed by atoms with Crippen LogP contribution in [0.1, 0.15) is 0 Å². The fraction of sp³-hybridized carbons (Fsp3) is 0.286. The summed E-state index contributed by atoms with van der Waals surface area (Å²) in [5.74, 6) is -3.00. The van der Waals surface area contributed by atoms with Crippen molar-refractivity contribution in [3.8, 4) is 0 Å². The SMILES string of the molecule is O=C(O)[C@@H]1[C@H](C(=O)Nc2ccccc2Cl)[C@H]2C=C[C@H]1O2. The number of benzene rings is 1. The van der Waals surface area contributed by atoms with Crippen molar-refractivity contribution in [3.63, 3.8) is 0 Å². The summed E-state index contributed by atoms with van der Waals surface area (Å²) in [5.41, 5.74) is 0.468. The highest BCUT2D eigenvalue weighted by atomic mass is 35.5. The first-order valence-electron chi connectivity index (χ1n) is 6.20. The molecule has 3 rings (SSSR count). The van der Waals surface area contributed by atoms with Gasteiger partial charge < -0.3 is 15.2 Å². The Morgan fingerprint density at radius 1 is 1.15 bits per heavy atom. The molecular formula is C14H12ClNO4. The van der Waals surface area contributed by atoms with Gasteiger partial charge in [0, 0.05) is 0 Å². The monoisotopic (exact) mass is 293 g/mol. The van der Waals surface area contributed by atoms with Crippen LogP contribution in [0.4, 0.5) is 5.69 Å². The molecule has 0 aliphatic carbocycles. The number of rotatable bonds is 3. The highest BCUT2D eigenvalue weighted by Crippen LogP contribution is 2.40. The average molecular weight is 294 g/mol. The number of para-hydroxylation sites is 1. The molecule has 1 amide bonds. The molecular weight excluding hydrogens is 282 g/mol. The number of aliphatic carboxylic acids is 1. The van der Waals surface area contributed by atoms with Gasteiger partial charge in [0.2, 0.25) is 5.91 Å². The molecule has 0 saturated carbocycles. The van der Waals surface area contributed by atoms with Gasteiger partial charge in [-0.15, -0.1) is 0 Å². The molecule has 2 aliphatic heterocycles. The quantitative estimate of drug-likeness (QED) is 0.835. The number of carbonyl (C=O) groups is 2. The molecule has 2 heterocycles. The van der Waals surface area contributed by atoms with E-state index in [4.69, 9.17) is 16.3 Å². The number of amides is 1. The van der Waals surface area contributed by atoms with Crippen molar-refractivity contribution in [2.75, 3.05) is 5.32 Å². The maximum Gasteiger partial charge on any atom is 0.310 e. The molecule has 2 aliphatic rings. The first-order chi connectivity index (χ1) is 9.58. The Morgan fingerprint density at radius 2 is 1.80 bits per heavy atom. The van der Waals surface area contributed by atoms with E-state index in [1.54, 1.807) is 36.4 Å². The zero-order valence-electron chi connectivity index (χ0n) is 10.3. The summed E-state index contributed by atoms with van der Waals surface area (Å²) >= 11 is 5.98. The summed E-state index contributed by atoms with van der Waals surface area (Å²) in [5, 5.41) is 12.3. The van der Waals surface area contributed by atoms with E-state index in [-0.39, 0.29) is 5.91 Å². The summed E-state index contributed by atoms with van der Waals surface area (Å²) in [6, 6.07) is 6.82. The van der Waals surface area contributed by atoms with Crippen LogP contribution in [0.15, 0.2) is 36.4 Å². The van der Waals surface area contributed by atoms with Crippen LogP contribution >= 0.6 is 11.6 Å². The van der Waals surface area contributed by atoms with Crippen molar-refractivity contribution in [2.24, 2.45) is 11.8 Å². The first kappa shape index (κ1) is 13.1. The van der Waals surface area contributed by atoms with Crippen LogP contribution in [0.3, 0.4) is 0 Å². The van der Waals surface area contributed by atoms with Crippen LogP contribution in [0.2, 0.25) is 5.02 Å². The van der Waals surface area contributed by atoms with E-state index in [1.807, 2.05) is 0 Å². The second kappa shape index (κ2) is 4.92. The van der Waals surface area contributed by atoms with Crippen LogP contribution in [-0.4, -0.2) is 29.2 Å². The Hall–Kier alpha value is -1.85. The smallest absolute Gasteiger partial charge is 0.310 e. The van der Waals surface area contributed by atoms with E-state index in [9.17, 15) is 14.7 Å². The normalized spacial score (nSPS) is 30.4. The Bertz CT molecular complexity index is 601. The molecule has 1 saturated heterocycles. The van der Waals surface area contributed by atoms with E-state index < -0.39 is 30.0 Å². The van der Waals surface area contributed by atoms with E-state index in [1.165, 1.54) is 0 Å². The molecule has 104 valence electrons. The molecule has 1 aromatic rings. The minimum atomic E-state index is -1.03. The second-order valence-electron chi connectivity index (χ2n) is 4.81. The minimum Gasteiger partial charge on any atom is -0.481 e. The Balaban J connectivity index is 1.82. The van der Waals surface area contributed by atoms with Gasteiger partial charge in [0.25, 0.3) is 0 Å². The lowest BCUT2D eigenvalue weighted by Gasteiger charge is -2.21. The van der Waals surface area contributed by atoms with Crippen molar-refractivity contribution in [3.05, 3.63) is 41.4 Å². The first-order valence-corrected chi connectivity index (χ1v) is 6.57. The maximum atomic E-state index is 12.3. The van der Waals surface area contributed by atoms with E-state index >= 15 is 0 Å². The van der Waals surface area contributed by atoms with E-state index in [2.05, 4.69) is 5.32 Å². The van der Waals surface area contributed by atoms with Gasteiger partial charge >= 0.3 is 5.97 Å². The van der Waals surface area contributed by atoms with Crippen LogP contribution in [0, 0.1) is 11.8 Å². The maximum absolute atomic E-state index is 12.3. The van der Waals surface area contributed by atoms with Crippen molar-refractivity contribution in [1.82, 2.24) is 0 Å². The lowest BCUT2D eigenvalue weighted by molar-refractivity contribution is -0.145. The van der Waals surface area contributed by atoms with Crippen LogP contribution in [-0.2, 0) is 14.3 Å². The number of ether oxygens (including phenoxy) is 1. The Kier molecular flexibility index (Phi) is 3.23. The number of hydrogen-bond acceptors (Lipinski definition) is 3. The zero-order valence-corrected chi connectivity index (χ0v) is 11.1. The van der Waals surface area contributed by atoms with E-state index in [0.717, 1.165) is 0 Å². The van der Waals surface area contributed by atoms with Gasteiger partial charge in [-0.1, -0.05) is 35.9 Å². The molecule has 2 N–H and O–H groups in total. The number of fused-ring (bicyclic) bond motifs is 2. The largest absolute Gasteiger partial charge is 0.481 e. The van der Waals surface area contributed by atoms with E-state index in [0.29, 0.717) is 10.7 Å². The predicted molar refractivity (Wildman–Crippen MR) is 72.5 cm³/mol. The summed E-state index contributed by atoms with van der Waals surface area (Å²) in [7, 11) is 0. The molecule has 2 bridgehead atoms. The van der Waals surface area contributed by atoms with Crippen LogP contribution in [0.5, 0.6) is 0 Å². The molecule has 0 unspecified atom stereocenters. The highest BCUT2D eigenvalue weighted by molar-refractivity contribution is 6.33. The fourth-order valence-electron chi connectivity index (χ4n) is 2.69. The third-order valence-electron chi connectivity index (χ3n) is 3.62. The number of anilines is 1. The third kappa shape index (κ3) is 2.09. The van der Waals surface area contributed by atoms with Gasteiger partial charge in [0.15, 0.2) is 0 Å². The molecule has 0 radical (unpaired) electrons. The van der Waals surface area contributed by atoms with Crippen molar-refractivity contribution in [2.45, 2.75) is 12.2 Å². The van der Waals surface area contributed by atoms with Gasteiger partial charge in [0.1, 0.15) is 5.92 Å². The van der Waals surface area contributed by atoms with Gasteiger partial charge in [-0.2, -0.15) is 0 Å². The third-order valence-corrected chi connectivity index (χ3v) is 3.95. The minimum absolute atomic E-state index is 0.387. The molecule has 0 aromatic heterocycles. The summed E-state index contributed by atoms with van der Waals surface area (Å²) in [6.45, 7) is 0. The summed E-state index contributed by atoms with van der Waals surface area (Å²) < 4.78 is 5.46. The zero-order chi connectivity index (χ0) is 14.3. The lowest BCUT2D eigenvalue weighted by atomic mass is 9.82. The number of halogens is 1. The number of nitrogens with one attached hydrogen (secondary N) is 1. The van der Waals surface area contributed by atoms with Gasteiger partial charge in [-0.05, 0) is 12.1 Å². The average Bonchev–Trinajstić information content (AvgIpc) is 3.01. The Labute approximate surface area is 120 Å².